The van der Waals surface area contributed by atoms with Gasteiger partial charge in [-0.2, -0.15) is 0 Å². The highest BCUT2D eigenvalue weighted by Gasteiger charge is 2.26. The van der Waals surface area contributed by atoms with Gasteiger partial charge in [-0.15, -0.1) is 0 Å². The monoisotopic (exact) mass is 330 g/mol. The van der Waals surface area contributed by atoms with Crippen molar-refractivity contribution in [3.8, 4) is 0 Å². The molecule has 0 spiro atoms. The van der Waals surface area contributed by atoms with Crippen LogP contribution >= 0.6 is 27.5 Å². The third kappa shape index (κ3) is 3.05. The highest BCUT2D eigenvalue weighted by molar-refractivity contribution is 9.10. The van der Waals surface area contributed by atoms with Gasteiger partial charge in [0.25, 0.3) is 0 Å². The first-order chi connectivity index (χ1) is 8.61. The summed E-state index contributed by atoms with van der Waals surface area (Å²) in [7, 11) is 0. The molecule has 98 valence electrons. The second-order valence-electron chi connectivity index (χ2n) is 4.41. The smallest absolute Gasteiger partial charge is 0.240 e. The van der Waals surface area contributed by atoms with Crippen molar-refractivity contribution in [1.29, 1.82) is 0 Å². The van der Waals surface area contributed by atoms with Crippen molar-refractivity contribution in [3.05, 3.63) is 33.3 Å². The van der Waals surface area contributed by atoms with E-state index in [-0.39, 0.29) is 11.9 Å². The number of piperazine rings is 1. The lowest BCUT2D eigenvalue weighted by atomic mass is 10.1. The fraction of sp³-hybridized carbons (Fsp3) is 0.462. The van der Waals surface area contributed by atoms with Gasteiger partial charge >= 0.3 is 0 Å². The molecule has 0 radical (unpaired) electrons. The van der Waals surface area contributed by atoms with Crippen LogP contribution < -0.4 is 5.32 Å². The number of rotatable bonds is 3. The van der Waals surface area contributed by atoms with Crippen LogP contribution in [0.15, 0.2) is 22.7 Å². The minimum atomic E-state index is -0.0482. The third-order valence-corrected chi connectivity index (χ3v) is 4.01. The van der Waals surface area contributed by atoms with Crippen molar-refractivity contribution in [2.75, 3.05) is 13.1 Å². The molecule has 5 heteroatoms. The average molecular weight is 332 g/mol. The normalized spacial score (nSPS) is 20.3. The van der Waals surface area contributed by atoms with Crippen molar-refractivity contribution in [1.82, 2.24) is 10.2 Å². The summed E-state index contributed by atoms with van der Waals surface area (Å²) in [5, 5.41) is 3.92. The second-order valence-corrected chi connectivity index (χ2v) is 5.73. The predicted molar refractivity (Wildman–Crippen MR) is 76.7 cm³/mol. The van der Waals surface area contributed by atoms with Gasteiger partial charge in [-0.3, -0.25) is 4.79 Å². The molecule has 1 aliphatic rings. The average Bonchev–Trinajstić information content (AvgIpc) is 2.35. The first kappa shape index (κ1) is 13.8. The maximum absolute atomic E-state index is 12.2. The molecule has 1 aromatic carbocycles. The Morgan fingerprint density at radius 3 is 3.00 bits per heavy atom. The fourth-order valence-corrected chi connectivity index (χ4v) is 2.86. The highest BCUT2D eigenvalue weighted by Crippen LogP contribution is 2.23. The van der Waals surface area contributed by atoms with Gasteiger partial charge in [-0.1, -0.05) is 40.5 Å². The second kappa shape index (κ2) is 6.04. The SMILES string of the molecule is CCC1NCCN(Cc2ccc(Br)cc2Cl)C1=O. The number of halogens is 2. The van der Waals surface area contributed by atoms with E-state index in [9.17, 15) is 4.79 Å². The summed E-state index contributed by atoms with van der Waals surface area (Å²) in [5.41, 5.74) is 0.991. The summed E-state index contributed by atoms with van der Waals surface area (Å²) < 4.78 is 0.953. The third-order valence-electron chi connectivity index (χ3n) is 3.17. The van der Waals surface area contributed by atoms with E-state index in [1.807, 2.05) is 30.0 Å². The van der Waals surface area contributed by atoms with Crippen molar-refractivity contribution in [3.63, 3.8) is 0 Å². The topological polar surface area (TPSA) is 32.3 Å². The van der Waals surface area contributed by atoms with Crippen molar-refractivity contribution >= 4 is 33.4 Å². The van der Waals surface area contributed by atoms with E-state index in [0.717, 1.165) is 29.5 Å². The number of nitrogens with one attached hydrogen (secondary N) is 1. The zero-order chi connectivity index (χ0) is 13.1. The summed E-state index contributed by atoms with van der Waals surface area (Å²) in [4.78, 5) is 14.0. The predicted octanol–water partition coefficient (Wildman–Crippen LogP) is 2.81. The van der Waals surface area contributed by atoms with Crippen LogP contribution in [0.1, 0.15) is 18.9 Å². The number of carbonyl (C=O) groups excluding carboxylic acids is 1. The van der Waals surface area contributed by atoms with E-state index >= 15 is 0 Å². The summed E-state index contributed by atoms with van der Waals surface area (Å²) in [5.74, 6) is 0.169. The Kier molecular flexibility index (Phi) is 4.65. The van der Waals surface area contributed by atoms with Crippen LogP contribution in [0.2, 0.25) is 5.02 Å². The molecule has 1 amide bonds. The Hall–Kier alpha value is -0.580. The largest absolute Gasteiger partial charge is 0.336 e. The van der Waals surface area contributed by atoms with Gasteiger partial charge in [0.05, 0.1) is 6.04 Å². The van der Waals surface area contributed by atoms with Crippen molar-refractivity contribution in [2.45, 2.75) is 25.9 Å². The zero-order valence-corrected chi connectivity index (χ0v) is 12.6. The summed E-state index contributed by atoms with van der Waals surface area (Å²) in [6.07, 6.45) is 0.823. The Morgan fingerprint density at radius 2 is 2.33 bits per heavy atom. The van der Waals surface area contributed by atoms with E-state index in [4.69, 9.17) is 11.6 Å². The highest BCUT2D eigenvalue weighted by atomic mass is 79.9. The van der Waals surface area contributed by atoms with Crippen LogP contribution in [-0.2, 0) is 11.3 Å². The molecular weight excluding hydrogens is 316 g/mol. The molecule has 1 heterocycles. The van der Waals surface area contributed by atoms with Gasteiger partial charge in [-0.05, 0) is 24.1 Å². The standard InChI is InChI=1S/C13H16BrClN2O/c1-2-12-13(18)17(6-5-16-12)8-9-3-4-10(14)7-11(9)15/h3-4,7,12,16H,2,5-6,8H2,1H3. The van der Waals surface area contributed by atoms with Gasteiger partial charge in [0, 0.05) is 29.1 Å². The fourth-order valence-electron chi connectivity index (χ4n) is 2.12. The van der Waals surface area contributed by atoms with Crippen LogP contribution in [0.5, 0.6) is 0 Å². The lowest BCUT2D eigenvalue weighted by Gasteiger charge is -2.33. The maximum atomic E-state index is 12.2. The van der Waals surface area contributed by atoms with Gasteiger partial charge in [-0.25, -0.2) is 0 Å². The minimum Gasteiger partial charge on any atom is -0.336 e. The Balaban J connectivity index is 2.10. The quantitative estimate of drug-likeness (QED) is 0.924. The van der Waals surface area contributed by atoms with E-state index in [0.29, 0.717) is 11.6 Å². The molecule has 18 heavy (non-hydrogen) atoms. The number of nitrogens with zero attached hydrogens (tertiary/aromatic N) is 1. The molecule has 1 fully saturated rings. The molecule has 3 nitrogen and oxygen atoms in total. The van der Waals surface area contributed by atoms with Crippen molar-refractivity contribution in [2.24, 2.45) is 0 Å². The molecule has 1 N–H and O–H groups in total. The lowest BCUT2D eigenvalue weighted by Crippen LogP contribution is -2.54. The molecule has 0 aliphatic carbocycles. The number of amides is 1. The van der Waals surface area contributed by atoms with E-state index in [1.165, 1.54) is 0 Å². The van der Waals surface area contributed by atoms with Gasteiger partial charge < -0.3 is 10.2 Å². The van der Waals surface area contributed by atoms with E-state index in [1.54, 1.807) is 0 Å². The molecule has 0 bridgehead atoms. The number of hydrogen-bond donors (Lipinski definition) is 1. The van der Waals surface area contributed by atoms with Crippen LogP contribution in [-0.4, -0.2) is 29.9 Å². The summed E-state index contributed by atoms with van der Waals surface area (Å²) >= 11 is 9.56. The maximum Gasteiger partial charge on any atom is 0.240 e. The van der Waals surface area contributed by atoms with Crippen LogP contribution in [0.4, 0.5) is 0 Å². The number of benzene rings is 1. The van der Waals surface area contributed by atoms with E-state index < -0.39 is 0 Å². The summed E-state index contributed by atoms with van der Waals surface area (Å²) in [6.45, 7) is 4.19. The van der Waals surface area contributed by atoms with Gasteiger partial charge in [0.15, 0.2) is 0 Å². The lowest BCUT2D eigenvalue weighted by molar-refractivity contribution is -0.136. The molecule has 2 rings (SSSR count). The first-order valence-electron chi connectivity index (χ1n) is 6.08. The van der Waals surface area contributed by atoms with Gasteiger partial charge in [0.1, 0.15) is 0 Å². The molecule has 1 saturated heterocycles. The Morgan fingerprint density at radius 1 is 1.56 bits per heavy atom. The van der Waals surface area contributed by atoms with Gasteiger partial charge in [0.2, 0.25) is 5.91 Å². The number of carbonyl (C=O) groups is 1. The molecule has 0 saturated carbocycles. The Bertz CT molecular complexity index is 453. The summed E-state index contributed by atoms with van der Waals surface area (Å²) in [6, 6.07) is 5.72. The first-order valence-corrected chi connectivity index (χ1v) is 7.25. The Labute approximate surface area is 121 Å². The van der Waals surface area contributed by atoms with Crippen LogP contribution in [0, 0.1) is 0 Å². The van der Waals surface area contributed by atoms with Crippen LogP contribution in [0.3, 0.4) is 0 Å². The molecule has 1 unspecified atom stereocenters. The van der Waals surface area contributed by atoms with Crippen molar-refractivity contribution < 1.29 is 4.79 Å². The zero-order valence-electron chi connectivity index (χ0n) is 10.2. The minimum absolute atomic E-state index is 0.0482. The number of hydrogen-bond acceptors (Lipinski definition) is 2. The molecule has 1 aromatic rings. The molecule has 1 atom stereocenters. The molecular formula is C13H16BrClN2O. The molecule has 0 aromatic heterocycles. The molecule has 1 aliphatic heterocycles. The van der Waals surface area contributed by atoms with Crippen LogP contribution in [0.25, 0.3) is 0 Å². The van der Waals surface area contributed by atoms with E-state index in [2.05, 4.69) is 21.2 Å².